The van der Waals surface area contributed by atoms with Crippen molar-refractivity contribution in [3.63, 3.8) is 0 Å². The predicted molar refractivity (Wildman–Crippen MR) is 134 cm³/mol. The van der Waals surface area contributed by atoms with E-state index in [9.17, 15) is 14.4 Å². The number of H-pyrrole nitrogens is 1. The Hall–Kier alpha value is -4.40. The van der Waals surface area contributed by atoms with E-state index < -0.39 is 23.3 Å². The summed E-state index contributed by atoms with van der Waals surface area (Å²) in [5.41, 5.74) is 2.85. The second-order valence-electron chi connectivity index (χ2n) is 8.01. The van der Waals surface area contributed by atoms with Crippen molar-refractivity contribution < 1.29 is 14.3 Å². The molecule has 0 saturated carbocycles. The lowest BCUT2D eigenvalue weighted by Gasteiger charge is -2.14. The van der Waals surface area contributed by atoms with Crippen LogP contribution in [0.2, 0.25) is 0 Å². The summed E-state index contributed by atoms with van der Waals surface area (Å²) in [4.78, 5) is 39.6. The molecule has 4 aromatic rings. The van der Waals surface area contributed by atoms with Crippen molar-refractivity contribution in [3.05, 3.63) is 92.4 Å². The lowest BCUT2D eigenvalue weighted by molar-refractivity contribution is -0.150. The summed E-state index contributed by atoms with van der Waals surface area (Å²) in [5.74, 6) is 0.135. The summed E-state index contributed by atoms with van der Waals surface area (Å²) < 4.78 is 13.5. The van der Waals surface area contributed by atoms with Gasteiger partial charge in [-0.2, -0.15) is 5.10 Å². The van der Waals surface area contributed by atoms with Crippen LogP contribution in [-0.4, -0.2) is 39.1 Å². The number of fused-ring (bicyclic) bond motifs is 1. The number of aromatic amines is 1. The number of nitrogens with zero attached hydrogens (tertiary/aromatic N) is 3. The van der Waals surface area contributed by atoms with E-state index in [0.717, 1.165) is 27.3 Å². The van der Waals surface area contributed by atoms with E-state index in [1.807, 2.05) is 36.6 Å². The van der Waals surface area contributed by atoms with Crippen LogP contribution >= 0.6 is 0 Å². The molecular weight excluding hydrogens is 448 g/mol. The number of esters is 1. The van der Waals surface area contributed by atoms with Crippen LogP contribution in [0.15, 0.2) is 69.3 Å². The van der Waals surface area contributed by atoms with Gasteiger partial charge in [-0.25, -0.2) is 9.59 Å². The number of aromatic nitrogens is 3. The van der Waals surface area contributed by atoms with Gasteiger partial charge in [0.1, 0.15) is 5.75 Å². The smallest absolute Gasteiger partial charge is 0.349 e. The minimum Gasteiger partial charge on any atom is -0.479 e. The van der Waals surface area contributed by atoms with Gasteiger partial charge in [-0.1, -0.05) is 12.1 Å². The lowest BCUT2D eigenvalue weighted by Crippen LogP contribution is -2.32. The predicted octanol–water partition coefficient (Wildman–Crippen LogP) is 3.31. The van der Waals surface area contributed by atoms with Gasteiger partial charge in [0.15, 0.2) is 6.10 Å². The summed E-state index contributed by atoms with van der Waals surface area (Å²) in [6.45, 7) is 7.57. The Morgan fingerprint density at radius 3 is 2.54 bits per heavy atom. The molecule has 0 fully saturated rings. The van der Waals surface area contributed by atoms with Gasteiger partial charge in [0.25, 0.3) is 5.56 Å². The number of hydrogen-bond donors (Lipinski definition) is 1. The summed E-state index contributed by atoms with van der Waals surface area (Å²) in [5, 5.41) is 4.55. The molecule has 35 heavy (non-hydrogen) atoms. The van der Waals surface area contributed by atoms with Crippen molar-refractivity contribution in [1.82, 2.24) is 14.2 Å². The zero-order valence-corrected chi connectivity index (χ0v) is 19.9. The molecule has 0 aliphatic carbocycles. The molecule has 0 amide bonds. The van der Waals surface area contributed by atoms with E-state index in [1.165, 1.54) is 6.21 Å². The normalized spacial score (nSPS) is 12.2. The van der Waals surface area contributed by atoms with Crippen molar-refractivity contribution in [3.8, 4) is 11.4 Å². The zero-order chi connectivity index (χ0) is 25.1. The molecule has 0 aliphatic rings. The number of hydrogen-bond acceptors (Lipinski definition) is 6. The maximum Gasteiger partial charge on any atom is 0.349 e. The second kappa shape index (κ2) is 9.84. The molecule has 0 bridgehead atoms. The third-order valence-electron chi connectivity index (χ3n) is 5.59. The Labute approximate surface area is 201 Å². The first kappa shape index (κ1) is 23.7. The third-order valence-corrected chi connectivity index (χ3v) is 5.59. The van der Waals surface area contributed by atoms with Gasteiger partial charge in [0.05, 0.1) is 23.7 Å². The lowest BCUT2D eigenvalue weighted by atomic mass is 10.2. The zero-order valence-electron chi connectivity index (χ0n) is 19.9. The first-order valence-corrected chi connectivity index (χ1v) is 11.2. The highest BCUT2D eigenvalue weighted by atomic mass is 16.6. The highest BCUT2D eigenvalue weighted by molar-refractivity contribution is 5.82. The van der Waals surface area contributed by atoms with Crippen molar-refractivity contribution >= 4 is 23.1 Å². The molecule has 1 N–H and O–H groups in total. The van der Waals surface area contributed by atoms with Gasteiger partial charge in [0, 0.05) is 22.6 Å². The number of carbonyl (C=O) groups is 1. The van der Waals surface area contributed by atoms with Gasteiger partial charge in [-0.3, -0.25) is 4.79 Å². The molecule has 0 radical (unpaired) electrons. The minimum atomic E-state index is -0.708. The third kappa shape index (κ3) is 4.79. The Morgan fingerprint density at radius 2 is 1.83 bits per heavy atom. The topological polar surface area (TPSA) is 108 Å². The molecule has 0 aliphatic heterocycles. The fourth-order valence-electron chi connectivity index (χ4n) is 3.88. The van der Waals surface area contributed by atoms with Gasteiger partial charge >= 0.3 is 11.7 Å². The Kier molecular flexibility index (Phi) is 6.68. The van der Waals surface area contributed by atoms with Crippen LogP contribution in [0.5, 0.6) is 5.75 Å². The number of para-hydroxylation sites is 1. The molecule has 9 nitrogen and oxygen atoms in total. The number of carbonyl (C=O) groups excluding carboxylic acids is 1. The second-order valence-corrected chi connectivity index (χ2v) is 8.01. The van der Waals surface area contributed by atoms with Crippen LogP contribution < -0.4 is 16.0 Å². The molecular formula is C26H26N4O5. The molecule has 0 saturated heterocycles. The Balaban J connectivity index is 1.60. The minimum absolute atomic E-state index is 0.299. The fourth-order valence-corrected chi connectivity index (χ4v) is 3.88. The average Bonchev–Trinajstić information content (AvgIpc) is 3.12. The summed E-state index contributed by atoms with van der Waals surface area (Å²) in [7, 11) is 0. The fraction of sp³-hybridized carbons (Fsp3) is 0.231. The number of nitrogens with one attached hydrogen (secondary N) is 1. The largest absolute Gasteiger partial charge is 0.479 e. The van der Waals surface area contributed by atoms with E-state index in [4.69, 9.17) is 9.47 Å². The average molecular weight is 475 g/mol. The number of ether oxygens (including phenoxy) is 2. The van der Waals surface area contributed by atoms with Gasteiger partial charge in [-0.05, 0) is 70.2 Å². The van der Waals surface area contributed by atoms with Crippen LogP contribution in [0.3, 0.4) is 0 Å². The maximum absolute atomic E-state index is 12.7. The highest BCUT2D eigenvalue weighted by Gasteiger charge is 2.16. The highest BCUT2D eigenvalue weighted by Crippen LogP contribution is 2.22. The molecule has 2 heterocycles. The standard InChI is InChI=1S/C26H26N4O5/c1-5-34-25(32)18(4)35-21-12-10-20(11-13-21)29-16(2)14-19(17(29)3)15-27-30-24(31)22-8-6-7-9-23(22)28-26(30)33/h6-15,18H,5H2,1-4H3,(H,28,33)/t18-/m1/s1. The van der Waals surface area contributed by atoms with E-state index in [2.05, 4.69) is 10.1 Å². The summed E-state index contributed by atoms with van der Waals surface area (Å²) in [6.07, 6.45) is 0.795. The number of benzene rings is 2. The molecule has 1 atom stereocenters. The molecule has 180 valence electrons. The maximum atomic E-state index is 12.7. The van der Waals surface area contributed by atoms with E-state index >= 15 is 0 Å². The van der Waals surface area contributed by atoms with E-state index in [1.54, 1.807) is 50.2 Å². The number of aryl methyl sites for hydroxylation is 1. The van der Waals surface area contributed by atoms with Crippen LogP contribution in [-0.2, 0) is 9.53 Å². The van der Waals surface area contributed by atoms with Crippen molar-refractivity contribution in [2.24, 2.45) is 5.10 Å². The first-order valence-electron chi connectivity index (χ1n) is 11.2. The van der Waals surface area contributed by atoms with Crippen LogP contribution in [0, 0.1) is 13.8 Å². The molecule has 4 rings (SSSR count). The summed E-state index contributed by atoms with van der Waals surface area (Å²) >= 11 is 0. The van der Waals surface area contributed by atoms with Crippen molar-refractivity contribution in [1.29, 1.82) is 0 Å². The molecule has 2 aromatic heterocycles. The van der Waals surface area contributed by atoms with Crippen LogP contribution in [0.4, 0.5) is 0 Å². The van der Waals surface area contributed by atoms with Gasteiger partial charge in [0.2, 0.25) is 0 Å². The van der Waals surface area contributed by atoms with Crippen LogP contribution in [0.25, 0.3) is 16.6 Å². The Bertz CT molecular complexity index is 1530. The van der Waals surface area contributed by atoms with E-state index in [0.29, 0.717) is 23.3 Å². The molecule has 9 heteroatoms. The number of rotatable bonds is 7. The van der Waals surface area contributed by atoms with Gasteiger partial charge < -0.3 is 19.0 Å². The molecule has 0 unspecified atom stereocenters. The van der Waals surface area contributed by atoms with Gasteiger partial charge in [-0.15, -0.1) is 4.68 Å². The monoisotopic (exact) mass is 474 g/mol. The molecule has 2 aromatic carbocycles. The quantitative estimate of drug-likeness (QED) is 0.327. The first-order chi connectivity index (χ1) is 16.8. The van der Waals surface area contributed by atoms with Crippen molar-refractivity contribution in [2.75, 3.05) is 6.61 Å². The Morgan fingerprint density at radius 1 is 1.11 bits per heavy atom. The SMILES string of the molecule is CCOC(=O)[C@@H](C)Oc1ccc(-n2c(C)cc(C=Nn3c(=O)[nH]c4ccccc4c3=O)c2C)cc1. The van der Waals surface area contributed by atoms with Crippen LogP contribution in [0.1, 0.15) is 30.8 Å². The van der Waals surface area contributed by atoms with E-state index in [-0.39, 0.29) is 0 Å². The molecule has 0 spiro atoms. The summed E-state index contributed by atoms with van der Waals surface area (Å²) in [6, 6.07) is 16.1. The van der Waals surface area contributed by atoms with Crippen molar-refractivity contribution in [2.45, 2.75) is 33.8 Å².